The standard InChI is InChI=1S/C30H37Br2N5O4/c1-18(2)34-25-15-22-19(17-33-25)14-21(27-28(31)23(40-5)16-24(41-6)29(27)32)30(39)37(22)20-9-12-36(13-10-20)26(38)8-7-11-35(3)4/h7-8,14-18,20H,9-13H2,1-6H3,(H,33,34)/b8-7+. The van der Waals surface area contributed by atoms with Gasteiger partial charge in [0.25, 0.3) is 5.56 Å². The number of piperidine rings is 1. The van der Waals surface area contributed by atoms with Crippen LogP contribution in [0.25, 0.3) is 22.0 Å². The molecule has 0 bridgehead atoms. The Morgan fingerprint density at radius 2 is 1.76 bits per heavy atom. The van der Waals surface area contributed by atoms with E-state index in [-0.39, 0.29) is 23.6 Å². The van der Waals surface area contributed by atoms with Gasteiger partial charge in [-0.3, -0.25) is 9.59 Å². The average Bonchev–Trinajstić information content (AvgIpc) is 2.93. The lowest BCUT2D eigenvalue weighted by Gasteiger charge is -2.33. The molecular formula is C30H37Br2N5O4. The van der Waals surface area contributed by atoms with E-state index < -0.39 is 0 Å². The third-order valence-corrected chi connectivity index (χ3v) is 8.65. The number of aromatic nitrogens is 2. The third-order valence-electron chi connectivity index (χ3n) is 7.07. The molecule has 1 amide bonds. The number of likely N-dealkylation sites (N-methyl/N-ethyl adjacent to an activating group) is 1. The van der Waals surface area contributed by atoms with Gasteiger partial charge in [0.15, 0.2) is 0 Å². The first-order chi connectivity index (χ1) is 19.5. The second-order valence-electron chi connectivity index (χ2n) is 10.7. The maximum absolute atomic E-state index is 14.4. The molecule has 9 nitrogen and oxygen atoms in total. The topological polar surface area (TPSA) is 88.9 Å². The number of amides is 1. The maximum Gasteiger partial charge on any atom is 0.259 e. The van der Waals surface area contributed by atoms with Crippen LogP contribution in [-0.2, 0) is 4.79 Å². The summed E-state index contributed by atoms with van der Waals surface area (Å²) in [5.41, 5.74) is 1.80. The number of carbonyl (C=O) groups is 1. The second-order valence-corrected chi connectivity index (χ2v) is 12.3. The summed E-state index contributed by atoms with van der Waals surface area (Å²) in [5.74, 6) is 1.81. The van der Waals surface area contributed by atoms with Crippen molar-refractivity contribution in [2.24, 2.45) is 0 Å². The molecule has 1 aliphatic heterocycles. The van der Waals surface area contributed by atoms with Gasteiger partial charge in [-0.15, -0.1) is 0 Å². The van der Waals surface area contributed by atoms with Crippen molar-refractivity contribution in [1.29, 1.82) is 0 Å². The van der Waals surface area contributed by atoms with Gasteiger partial charge >= 0.3 is 0 Å². The third kappa shape index (κ3) is 6.79. The molecule has 0 aliphatic carbocycles. The van der Waals surface area contributed by atoms with E-state index in [0.29, 0.717) is 69.9 Å². The number of pyridine rings is 2. The Kier molecular flexibility index (Phi) is 10.1. The summed E-state index contributed by atoms with van der Waals surface area (Å²) in [5, 5.41) is 4.19. The van der Waals surface area contributed by atoms with E-state index in [2.05, 4.69) is 42.2 Å². The van der Waals surface area contributed by atoms with Gasteiger partial charge in [0, 0.05) is 67.1 Å². The number of fused-ring (bicyclic) bond motifs is 1. The van der Waals surface area contributed by atoms with Crippen LogP contribution in [0.4, 0.5) is 5.82 Å². The van der Waals surface area contributed by atoms with Gasteiger partial charge in [-0.1, -0.05) is 6.08 Å². The molecule has 3 aromatic rings. The second kappa shape index (κ2) is 13.4. The highest BCUT2D eigenvalue weighted by molar-refractivity contribution is 9.11. The normalized spacial score (nSPS) is 14.4. The predicted octanol–water partition coefficient (Wildman–Crippen LogP) is 5.71. The zero-order chi connectivity index (χ0) is 29.8. The zero-order valence-electron chi connectivity index (χ0n) is 24.3. The summed E-state index contributed by atoms with van der Waals surface area (Å²) in [7, 11) is 7.08. The molecule has 0 atom stereocenters. The molecule has 1 saturated heterocycles. The molecule has 3 heterocycles. The Morgan fingerprint density at radius 3 is 2.32 bits per heavy atom. The molecule has 1 N–H and O–H groups in total. The summed E-state index contributed by atoms with van der Waals surface area (Å²) < 4.78 is 14.3. The molecule has 220 valence electrons. The van der Waals surface area contributed by atoms with Crippen molar-refractivity contribution in [3.8, 4) is 22.6 Å². The quantitative estimate of drug-likeness (QED) is 0.288. The number of nitrogens with zero attached hydrogens (tertiary/aromatic N) is 4. The molecule has 2 aromatic heterocycles. The van der Waals surface area contributed by atoms with E-state index in [1.54, 1.807) is 32.6 Å². The largest absolute Gasteiger partial charge is 0.495 e. The van der Waals surface area contributed by atoms with Gasteiger partial charge in [-0.05, 0) is 78.7 Å². The van der Waals surface area contributed by atoms with Crippen LogP contribution in [0, 0.1) is 0 Å². The van der Waals surface area contributed by atoms with Crippen molar-refractivity contribution in [3.05, 3.63) is 55.8 Å². The lowest BCUT2D eigenvalue weighted by molar-refractivity contribution is -0.127. The molecule has 1 fully saturated rings. The van der Waals surface area contributed by atoms with Crippen LogP contribution in [0.2, 0.25) is 0 Å². The number of hydrogen-bond acceptors (Lipinski definition) is 7. The van der Waals surface area contributed by atoms with Gasteiger partial charge in [0.2, 0.25) is 5.91 Å². The van der Waals surface area contributed by atoms with Gasteiger partial charge in [0.05, 0.1) is 34.2 Å². The highest BCUT2D eigenvalue weighted by Crippen LogP contribution is 2.46. The van der Waals surface area contributed by atoms with Crippen LogP contribution in [-0.4, -0.2) is 79.2 Å². The van der Waals surface area contributed by atoms with Gasteiger partial charge in [-0.2, -0.15) is 0 Å². The number of ether oxygens (including phenoxy) is 2. The first-order valence-electron chi connectivity index (χ1n) is 13.6. The molecule has 41 heavy (non-hydrogen) atoms. The number of anilines is 1. The fourth-order valence-corrected chi connectivity index (χ4v) is 6.73. The van der Waals surface area contributed by atoms with Gasteiger partial charge in [-0.25, -0.2) is 4.98 Å². The molecule has 0 saturated carbocycles. The van der Waals surface area contributed by atoms with E-state index in [9.17, 15) is 9.59 Å². The van der Waals surface area contributed by atoms with E-state index in [4.69, 9.17) is 9.47 Å². The number of methoxy groups -OCH3 is 2. The molecule has 1 aliphatic rings. The zero-order valence-corrected chi connectivity index (χ0v) is 27.5. The molecule has 11 heteroatoms. The number of likely N-dealkylation sites (tertiary alicyclic amines) is 1. The number of halogens is 2. The van der Waals surface area contributed by atoms with Gasteiger partial charge in [0.1, 0.15) is 17.3 Å². The summed E-state index contributed by atoms with van der Waals surface area (Å²) in [6.45, 7) is 5.93. The summed E-state index contributed by atoms with van der Waals surface area (Å²) in [4.78, 5) is 35.7. The summed E-state index contributed by atoms with van der Waals surface area (Å²) >= 11 is 7.33. The van der Waals surface area contributed by atoms with Crippen LogP contribution in [0.15, 0.2) is 50.3 Å². The minimum atomic E-state index is -0.133. The van der Waals surface area contributed by atoms with Crippen LogP contribution in [0.3, 0.4) is 0 Å². The van der Waals surface area contributed by atoms with E-state index >= 15 is 0 Å². The summed E-state index contributed by atoms with van der Waals surface area (Å²) in [6.07, 6.45) is 6.63. The Labute approximate surface area is 257 Å². The first kappa shape index (κ1) is 31.1. The van der Waals surface area contributed by atoms with Crippen LogP contribution in [0.1, 0.15) is 32.7 Å². The molecule has 0 unspecified atom stereocenters. The average molecular weight is 691 g/mol. The smallest absolute Gasteiger partial charge is 0.259 e. The highest BCUT2D eigenvalue weighted by atomic mass is 79.9. The van der Waals surface area contributed by atoms with Crippen molar-refractivity contribution in [2.45, 2.75) is 38.8 Å². The lowest BCUT2D eigenvalue weighted by atomic mass is 10.00. The molecule has 1 aromatic carbocycles. The van der Waals surface area contributed by atoms with Gasteiger partial charge < -0.3 is 29.2 Å². The molecular weight excluding hydrogens is 654 g/mol. The summed E-state index contributed by atoms with van der Waals surface area (Å²) in [6, 6.07) is 5.67. The van der Waals surface area contributed by atoms with Crippen LogP contribution in [0.5, 0.6) is 11.5 Å². The highest BCUT2D eigenvalue weighted by Gasteiger charge is 2.28. The minimum Gasteiger partial charge on any atom is -0.495 e. The van der Waals surface area contributed by atoms with E-state index in [1.807, 2.05) is 60.5 Å². The van der Waals surface area contributed by atoms with Crippen LogP contribution < -0.4 is 20.3 Å². The van der Waals surface area contributed by atoms with E-state index in [1.165, 1.54) is 0 Å². The number of nitrogens with one attached hydrogen (secondary N) is 1. The lowest BCUT2D eigenvalue weighted by Crippen LogP contribution is -2.40. The Balaban J connectivity index is 1.83. The van der Waals surface area contributed by atoms with Crippen molar-refractivity contribution in [1.82, 2.24) is 19.4 Å². The molecule has 4 rings (SSSR count). The van der Waals surface area contributed by atoms with Crippen molar-refractivity contribution >= 4 is 54.5 Å². The number of rotatable bonds is 9. The fourth-order valence-electron chi connectivity index (χ4n) is 5.08. The number of hydrogen-bond donors (Lipinski definition) is 1. The first-order valence-corrected chi connectivity index (χ1v) is 15.2. The number of carbonyl (C=O) groups excluding carboxylic acids is 1. The Hall–Kier alpha value is -2.89. The predicted molar refractivity (Wildman–Crippen MR) is 171 cm³/mol. The van der Waals surface area contributed by atoms with Crippen LogP contribution >= 0.6 is 31.9 Å². The van der Waals surface area contributed by atoms with E-state index in [0.717, 1.165) is 10.9 Å². The van der Waals surface area contributed by atoms with Crippen molar-refractivity contribution in [3.63, 3.8) is 0 Å². The Bertz CT molecular complexity index is 1480. The van der Waals surface area contributed by atoms with Crippen molar-refractivity contribution in [2.75, 3.05) is 53.3 Å². The fraction of sp³-hybridized carbons (Fsp3) is 0.433. The van der Waals surface area contributed by atoms with Crippen molar-refractivity contribution < 1.29 is 14.3 Å². The SMILES string of the molecule is COc1cc(OC)c(Br)c(-c2cc3cnc(NC(C)C)cc3n(C3CCN(C(=O)/C=C/CN(C)C)CC3)c2=O)c1Br. The molecule has 0 spiro atoms. The number of benzene rings is 1. The maximum atomic E-state index is 14.4. The monoisotopic (exact) mass is 689 g/mol. The Morgan fingerprint density at radius 1 is 1.12 bits per heavy atom. The molecule has 0 radical (unpaired) electrons. The minimum absolute atomic E-state index is 0.000196.